The molecule has 6 aromatic carbocycles. The first-order valence-corrected chi connectivity index (χ1v) is 15.5. The first-order chi connectivity index (χ1) is 22.8. The van der Waals surface area contributed by atoms with Crippen molar-refractivity contribution in [2.45, 2.75) is 0 Å². The van der Waals surface area contributed by atoms with Crippen molar-refractivity contribution in [3.8, 4) is 67.3 Å². The SMILES string of the molecule is c1ccc(-c2nc(-c3ccccc3)c(-c3ccccc3)c(-c3ccc(-c4ccc(-c5cccc6cccnc56)cc4)cc3)n2)cc1. The Bertz CT molecular complexity index is 2260. The Kier molecular flexibility index (Phi) is 7.18. The van der Waals surface area contributed by atoms with Crippen molar-refractivity contribution in [3.05, 3.63) is 176 Å². The highest BCUT2D eigenvalue weighted by Gasteiger charge is 2.20. The summed E-state index contributed by atoms with van der Waals surface area (Å²) >= 11 is 0. The van der Waals surface area contributed by atoms with Crippen LogP contribution in [0, 0.1) is 0 Å². The Balaban J connectivity index is 1.23. The predicted molar refractivity (Wildman–Crippen MR) is 190 cm³/mol. The number of rotatable bonds is 6. The summed E-state index contributed by atoms with van der Waals surface area (Å²) in [4.78, 5) is 15.1. The molecule has 0 atom stereocenters. The summed E-state index contributed by atoms with van der Waals surface area (Å²) in [5.74, 6) is 0.705. The van der Waals surface area contributed by atoms with Gasteiger partial charge in [-0.2, -0.15) is 0 Å². The van der Waals surface area contributed by atoms with Crippen molar-refractivity contribution < 1.29 is 0 Å². The fraction of sp³-hybridized carbons (Fsp3) is 0. The summed E-state index contributed by atoms with van der Waals surface area (Å²) in [5.41, 5.74) is 12.6. The van der Waals surface area contributed by atoms with E-state index in [-0.39, 0.29) is 0 Å². The lowest BCUT2D eigenvalue weighted by atomic mass is 9.93. The van der Waals surface area contributed by atoms with E-state index < -0.39 is 0 Å². The van der Waals surface area contributed by atoms with Crippen LogP contribution >= 0.6 is 0 Å². The van der Waals surface area contributed by atoms with Crippen LogP contribution < -0.4 is 0 Å². The van der Waals surface area contributed by atoms with E-state index in [0.29, 0.717) is 5.82 Å². The molecule has 0 N–H and O–H groups in total. The summed E-state index contributed by atoms with van der Waals surface area (Å²) in [7, 11) is 0. The van der Waals surface area contributed by atoms with Crippen molar-refractivity contribution in [3.63, 3.8) is 0 Å². The van der Waals surface area contributed by atoms with Crippen molar-refractivity contribution in [1.82, 2.24) is 15.0 Å². The number of benzene rings is 6. The van der Waals surface area contributed by atoms with Gasteiger partial charge in [0.05, 0.1) is 16.9 Å². The molecule has 0 aliphatic rings. The predicted octanol–water partition coefficient (Wildman–Crippen LogP) is 11.0. The van der Waals surface area contributed by atoms with Gasteiger partial charge in [-0.15, -0.1) is 0 Å². The molecule has 0 spiro atoms. The Hall–Kier alpha value is -6.19. The van der Waals surface area contributed by atoms with Gasteiger partial charge in [0.15, 0.2) is 5.82 Å². The molecule has 0 bridgehead atoms. The molecule has 46 heavy (non-hydrogen) atoms. The molecule has 0 radical (unpaired) electrons. The van der Waals surface area contributed by atoms with Crippen molar-refractivity contribution in [2.24, 2.45) is 0 Å². The van der Waals surface area contributed by atoms with Gasteiger partial charge in [0, 0.05) is 39.4 Å². The Morgan fingerprint density at radius 2 is 0.804 bits per heavy atom. The second-order valence-electron chi connectivity index (χ2n) is 11.3. The van der Waals surface area contributed by atoms with Gasteiger partial charge in [-0.25, -0.2) is 9.97 Å². The number of aromatic nitrogens is 3. The average Bonchev–Trinajstić information content (AvgIpc) is 3.15. The van der Waals surface area contributed by atoms with E-state index in [1.165, 1.54) is 0 Å². The molecular weight excluding hydrogens is 558 g/mol. The summed E-state index contributed by atoms with van der Waals surface area (Å²) in [6, 6.07) is 59.0. The summed E-state index contributed by atoms with van der Waals surface area (Å²) < 4.78 is 0. The molecule has 0 saturated carbocycles. The van der Waals surface area contributed by atoms with Gasteiger partial charge in [-0.1, -0.05) is 164 Å². The Labute approximate surface area is 268 Å². The van der Waals surface area contributed by atoms with E-state index in [2.05, 4.69) is 138 Å². The number of para-hydroxylation sites is 1. The highest BCUT2D eigenvalue weighted by atomic mass is 14.9. The number of hydrogen-bond donors (Lipinski definition) is 0. The maximum Gasteiger partial charge on any atom is 0.160 e. The molecule has 0 amide bonds. The van der Waals surface area contributed by atoms with Crippen LogP contribution in [0.15, 0.2) is 176 Å². The standard InChI is InChI=1S/C43H29N3/c1-4-12-33(13-5-1)39-41(35-14-6-2-7-15-35)45-43(37-16-8-3-9-17-37)46-42(39)36-27-23-31(24-28-36)30-21-25-32(26-22-30)38-20-10-18-34-19-11-29-44-40(34)38/h1-29H. The average molecular weight is 588 g/mol. The number of fused-ring (bicyclic) bond motifs is 1. The lowest BCUT2D eigenvalue weighted by molar-refractivity contribution is 1.18. The molecule has 216 valence electrons. The number of pyridine rings is 1. The van der Waals surface area contributed by atoms with Gasteiger partial charge in [-0.05, 0) is 28.3 Å². The first-order valence-electron chi connectivity index (χ1n) is 15.5. The topological polar surface area (TPSA) is 38.7 Å². The molecule has 0 unspecified atom stereocenters. The van der Waals surface area contributed by atoms with Gasteiger partial charge in [0.1, 0.15) is 0 Å². The smallest absolute Gasteiger partial charge is 0.160 e. The largest absolute Gasteiger partial charge is 0.256 e. The molecule has 3 nitrogen and oxygen atoms in total. The molecule has 8 rings (SSSR count). The minimum absolute atomic E-state index is 0.705. The van der Waals surface area contributed by atoms with E-state index >= 15 is 0 Å². The molecular formula is C43H29N3. The Morgan fingerprint density at radius 3 is 1.41 bits per heavy atom. The second-order valence-corrected chi connectivity index (χ2v) is 11.3. The molecule has 0 aliphatic carbocycles. The third kappa shape index (κ3) is 5.25. The van der Waals surface area contributed by atoms with Crippen molar-refractivity contribution >= 4 is 10.9 Å². The second kappa shape index (κ2) is 12.1. The molecule has 0 fully saturated rings. The third-order valence-corrected chi connectivity index (χ3v) is 8.37. The normalized spacial score (nSPS) is 11.0. The molecule has 2 aromatic heterocycles. The fourth-order valence-electron chi connectivity index (χ4n) is 6.07. The first kappa shape index (κ1) is 27.4. The number of nitrogens with zero attached hydrogens (tertiary/aromatic N) is 3. The Morgan fingerprint density at radius 1 is 0.326 bits per heavy atom. The minimum atomic E-state index is 0.705. The van der Waals surface area contributed by atoms with E-state index in [1.807, 2.05) is 42.6 Å². The lowest BCUT2D eigenvalue weighted by Gasteiger charge is -2.17. The van der Waals surface area contributed by atoms with E-state index in [1.54, 1.807) is 0 Å². The maximum absolute atomic E-state index is 5.23. The van der Waals surface area contributed by atoms with Crippen LogP contribution in [0.25, 0.3) is 78.2 Å². The van der Waals surface area contributed by atoms with Crippen LogP contribution in [0.5, 0.6) is 0 Å². The van der Waals surface area contributed by atoms with Crippen LogP contribution in [0.2, 0.25) is 0 Å². The van der Waals surface area contributed by atoms with Crippen LogP contribution in [-0.4, -0.2) is 15.0 Å². The van der Waals surface area contributed by atoms with Gasteiger partial charge < -0.3 is 0 Å². The van der Waals surface area contributed by atoms with Crippen molar-refractivity contribution in [1.29, 1.82) is 0 Å². The molecule has 3 heteroatoms. The molecule has 8 aromatic rings. The zero-order valence-electron chi connectivity index (χ0n) is 25.1. The van der Waals surface area contributed by atoms with E-state index in [0.717, 1.165) is 72.4 Å². The van der Waals surface area contributed by atoms with E-state index in [9.17, 15) is 0 Å². The third-order valence-electron chi connectivity index (χ3n) is 8.37. The number of hydrogen-bond acceptors (Lipinski definition) is 3. The summed E-state index contributed by atoms with van der Waals surface area (Å²) in [5, 5.41) is 1.14. The minimum Gasteiger partial charge on any atom is -0.256 e. The van der Waals surface area contributed by atoms with Crippen LogP contribution in [0.4, 0.5) is 0 Å². The van der Waals surface area contributed by atoms with Gasteiger partial charge >= 0.3 is 0 Å². The molecule has 0 aliphatic heterocycles. The zero-order valence-corrected chi connectivity index (χ0v) is 25.1. The van der Waals surface area contributed by atoms with Crippen LogP contribution in [0.3, 0.4) is 0 Å². The highest BCUT2D eigenvalue weighted by molar-refractivity contribution is 5.94. The molecule has 2 heterocycles. The van der Waals surface area contributed by atoms with Gasteiger partial charge in [0.2, 0.25) is 0 Å². The van der Waals surface area contributed by atoms with Gasteiger partial charge in [0.25, 0.3) is 0 Å². The van der Waals surface area contributed by atoms with E-state index in [4.69, 9.17) is 9.97 Å². The fourth-order valence-corrected chi connectivity index (χ4v) is 6.07. The lowest BCUT2D eigenvalue weighted by Crippen LogP contribution is -2.00. The maximum atomic E-state index is 5.23. The quantitative estimate of drug-likeness (QED) is 0.194. The van der Waals surface area contributed by atoms with Crippen LogP contribution in [0.1, 0.15) is 0 Å². The monoisotopic (exact) mass is 587 g/mol. The highest BCUT2D eigenvalue weighted by Crippen LogP contribution is 2.40. The zero-order chi connectivity index (χ0) is 30.7. The molecule has 0 saturated heterocycles. The summed E-state index contributed by atoms with van der Waals surface area (Å²) in [6.07, 6.45) is 1.86. The summed E-state index contributed by atoms with van der Waals surface area (Å²) in [6.45, 7) is 0. The van der Waals surface area contributed by atoms with Gasteiger partial charge in [-0.3, -0.25) is 4.98 Å². The van der Waals surface area contributed by atoms with Crippen molar-refractivity contribution in [2.75, 3.05) is 0 Å². The van der Waals surface area contributed by atoms with Crippen LogP contribution in [-0.2, 0) is 0 Å².